The summed E-state index contributed by atoms with van der Waals surface area (Å²) in [5, 5.41) is 2.08. The number of H-pyrrole nitrogens is 1. The van der Waals surface area contributed by atoms with Crippen molar-refractivity contribution >= 4 is 21.9 Å². The Morgan fingerprint density at radius 1 is 1.18 bits per heavy atom. The van der Waals surface area contributed by atoms with Gasteiger partial charge in [-0.15, -0.1) is 0 Å². The molecule has 3 rings (SSSR count). The van der Waals surface area contributed by atoms with Gasteiger partial charge in [0.2, 0.25) is 0 Å². The summed E-state index contributed by atoms with van der Waals surface area (Å²) in [6, 6.07) is 11.9. The van der Waals surface area contributed by atoms with Crippen LogP contribution in [0.3, 0.4) is 0 Å². The van der Waals surface area contributed by atoms with Gasteiger partial charge in [0.25, 0.3) is 5.56 Å². The zero-order chi connectivity index (χ0) is 11.8. The molecule has 3 nitrogen and oxygen atoms in total. The molecule has 2 heterocycles. The van der Waals surface area contributed by atoms with Crippen LogP contribution in [0.25, 0.3) is 21.9 Å². The van der Waals surface area contributed by atoms with E-state index in [9.17, 15) is 4.79 Å². The minimum Gasteiger partial charge on any atom is -0.306 e. The smallest absolute Gasteiger partial charge is 0.252 e. The first-order valence-electron chi connectivity index (χ1n) is 5.69. The maximum Gasteiger partial charge on any atom is 0.252 e. The highest BCUT2D eigenvalue weighted by atomic mass is 16.1. The number of pyridine rings is 2. The standard InChI is InChI=1S/C14H12N2O/c1-2-9-7-11-8-10-5-3-4-6-12(10)15-13(11)16-14(9)17/h3-8H,2H2,1H3,(H,15,16,17). The second-order valence-corrected chi connectivity index (χ2v) is 4.10. The number of nitrogens with zero attached hydrogens (tertiary/aromatic N) is 1. The van der Waals surface area contributed by atoms with Crippen LogP contribution in [0.4, 0.5) is 0 Å². The molecule has 0 amide bonds. The number of para-hydroxylation sites is 1. The van der Waals surface area contributed by atoms with Crippen molar-refractivity contribution in [2.75, 3.05) is 0 Å². The number of aromatic amines is 1. The number of aromatic nitrogens is 2. The number of rotatable bonds is 1. The lowest BCUT2D eigenvalue weighted by Gasteiger charge is -2.02. The molecule has 0 aliphatic carbocycles. The molecule has 0 atom stereocenters. The summed E-state index contributed by atoms with van der Waals surface area (Å²) in [7, 11) is 0. The van der Waals surface area contributed by atoms with Crippen LogP contribution in [0.15, 0.2) is 41.2 Å². The van der Waals surface area contributed by atoms with Gasteiger partial charge in [0.1, 0.15) is 5.65 Å². The van der Waals surface area contributed by atoms with E-state index in [-0.39, 0.29) is 5.56 Å². The van der Waals surface area contributed by atoms with Gasteiger partial charge in [0, 0.05) is 16.3 Å². The fraction of sp³-hybridized carbons (Fsp3) is 0.143. The molecule has 3 heteroatoms. The summed E-state index contributed by atoms with van der Waals surface area (Å²) in [6.07, 6.45) is 0.734. The first kappa shape index (κ1) is 10.0. The molecule has 0 aliphatic rings. The fourth-order valence-electron chi connectivity index (χ4n) is 2.05. The molecule has 2 aromatic heterocycles. The number of aryl methyl sites for hydroxylation is 1. The van der Waals surface area contributed by atoms with E-state index in [1.807, 2.05) is 37.3 Å². The third-order valence-electron chi connectivity index (χ3n) is 2.99. The molecule has 3 aromatic rings. The molecule has 0 aliphatic heterocycles. The Kier molecular flexibility index (Phi) is 2.18. The quantitative estimate of drug-likeness (QED) is 0.646. The van der Waals surface area contributed by atoms with Crippen LogP contribution in [0, 0.1) is 0 Å². The molecule has 0 unspecified atom stereocenters. The van der Waals surface area contributed by atoms with Gasteiger partial charge in [0.05, 0.1) is 5.52 Å². The number of nitrogens with one attached hydrogen (secondary N) is 1. The first-order valence-corrected chi connectivity index (χ1v) is 5.69. The zero-order valence-electron chi connectivity index (χ0n) is 9.53. The van der Waals surface area contributed by atoms with Crippen LogP contribution in [0.5, 0.6) is 0 Å². The number of benzene rings is 1. The van der Waals surface area contributed by atoms with Crippen molar-refractivity contribution in [1.82, 2.24) is 9.97 Å². The molecule has 0 radical (unpaired) electrons. The predicted octanol–water partition coefficient (Wildman–Crippen LogP) is 2.64. The van der Waals surface area contributed by atoms with E-state index in [0.717, 1.165) is 28.3 Å². The van der Waals surface area contributed by atoms with Crippen LogP contribution in [0.2, 0.25) is 0 Å². The molecule has 1 aromatic carbocycles. The van der Waals surface area contributed by atoms with Gasteiger partial charge in [-0.05, 0) is 24.6 Å². The Morgan fingerprint density at radius 3 is 2.82 bits per heavy atom. The van der Waals surface area contributed by atoms with Crippen molar-refractivity contribution in [2.45, 2.75) is 13.3 Å². The summed E-state index contributed by atoms with van der Waals surface area (Å²) >= 11 is 0. The van der Waals surface area contributed by atoms with Gasteiger partial charge in [-0.2, -0.15) is 0 Å². The Bertz CT molecular complexity index is 759. The van der Waals surface area contributed by atoms with Gasteiger partial charge in [-0.1, -0.05) is 25.1 Å². The second kappa shape index (κ2) is 3.70. The molecule has 0 fully saturated rings. The molecular weight excluding hydrogens is 212 g/mol. The Labute approximate surface area is 98.1 Å². The molecule has 84 valence electrons. The van der Waals surface area contributed by atoms with Crippen molar-refractivity contribution in [3.05, 3.63) is 52.3 Å². The van der Waals surface area contributed by atoms with E-state index in [2.05, 4.69) is 16.0 Å². The highest BCUT2D eigenvalue weighted by Crippen LogP contribution is 2.17. The van der Waals surface area contributed by atoms with E-state index in [0.29, 0.717) is 5.65 Å². The van der Waals surface area contributed by atoms with E-state index in [4.69, 9.17) is 0 Å². The average Bonchev–Trinajstić information content (AvgIpc) is 2.35. The lowest BCUT2D eigenvalue weighted by Crippen LogP contribution is -2.11. The highest BCUT2D eigenvalue weighted by molar-refractivity contribution is 5.90. The van der Waals surface area contributed by atoms with Crippen LogP contribution < -0.4 is 5.56 Å². The minimum absolute atomic E-state index is 0.0391. The third-order valence-corrected chi connectivity index (χ3v) is 2.99. The number of hydrogen-bond donors (Lipinski definition) is 1. The summed E-state index contributed by atoms with van der Waals surface area (Å²) in [5.74, 6) is 0. The third kappa shape index (κ3) is 1.60. The zero-order valence-corrected chi connectivity index (χ0v) is 9.53. The van der Waals surface area contributed by atoms with Gasteiger partial charge in [0.15, 0.2) is 0 Å². The lowest BCUT2D eigenvalue weighted by atomic mass is 10.1. The fourth-order valence-corrected chi connectivity index (χ4v) is 2.05. The number of fused-ring (bicyclic) bond motifs is 2. The number of hydrogen-bond acceptors (Lipinski definition) is 2. The van der Waals surface area contributed by atoms with Crippen molar-refractivity contribution < 1.29 is 0 Å². The molecule has 0 saturated carbocycles. The van der Waals surface area contributed by atoms with Crippen molar-refractivity contribution in [3.8, 4) is 0 Å². The molecular formula is C14H12N2O. The molecule has 1 N–H and O–H groups in total. The maximum absolute atomic E-state index is 11.7. The Hall–Kier alpha value is -2.16. The largest absolute Gasteiger partial charge is 0.306 e. The molecule has 17 heavy (non-hydrogen) atoms. The summed E-state index contributed by atoms with van der Waals surface area (Å²) < 4.78 is 0. The van der Waals surface area contributed by atoms with Crippen LogP contribution in [-0.4, -0.2) is 9.97 Å². The van der Waals surface area contributed by atoms with Crippen molar-refractivity contribution in [3.63, 3.8) is 0 Å². The molecule has 0 saturated heterocycles. The van der Waals surface area contributed by atoms with Crippen molar-refractivity contribution in [2.24, 2.45) is 0 Å². The summed E-state index contributed by atoms with van der Waals surface area (Å²) in [4.78, 5) is 19.0. The monoisotopic (exact) mass is 224 g/mol. The van der Waals surface area contributed by atoms with Crippen LogP contribution in [-0.2, 0) is 6.42 Å². The normalized spacial score (nSPS) is 11.1. The second-order valence-electron chi connectivity index (χ2n) is 4.10. The molecule has 0 bridgehead atoms. The predicted molar refractivity (Wildman–Crippen MR) is 69.2 cm³/mol. The van der Waals surface area contributed by atoms with Gasteiger partial charge in [-0.3, -0.25) is 4.79 Å². The summed E-state index contributed by atoms with van der Waals surface area (Å²) in [6.45, 7) is 1.98. The first-order chi connectivity index (χ1) is 8.28. The minimum atomic E-state index is -0.0391. The average molecular weight is 224 g/mol. The maximum atomic E-state index is 11.7. The van der Waals surface area contributed by atoms with Crippen molar-refractivity contribution in [1.29, 1.82) is 0 Å². The Balaban J connectivity index is 2.44. The van der Waals surface area contributed by atoms with Crippen LogP contribution in [0.1, 0.15) is 12.5 Å². The topological polar surface area (TPSA) is 45.8 Å². The molecule has 0 spiro atoms. The summed E-state index contributed by atoms with van der Waals surface area (Å²) in [5.41, 5.74) is 2.32. The highest BCUT2D eigenvalue weighted by Gasteiger charge is 2.03. The Morgan fingerprint density at radius 2 is 2.00 bits per heavy atom. The van der Waals surface area contributed by atoms with E-state index in [1.54, 1.807) is 0 Å². The van der Waals surface area contributed by atoms with E-state index < -0.39 is 0 Å². The van der Waals surface area contributed by atoms with Gasteiger partial charge in [-0.25, -0.2) is 4.98 Å². The lowest BCUT2D eigenvalue weighted by molar-refractivity contribution is 1.07. The van der Waals surface area contributed by atoms with E-state index in [1.165, 1.54) is 0 Å². The van der Waals surface area contributed by atoms with E-state index >= 15 is 0 Å². The van der Waals surface area contributed by atoms with Crippen LogP contribution >= 0.6 is 0 Å². The van der Waals surface area contributed by atoms with Gasteiger partial charge >= 0.3 is 0 Å². The van der Waals surface area contributed by atoms with Gasteiger partial charge < -0.3 is 4.98 Å². The SMILES string of the molecule is CCc1cc2cc3ccccc3nc2[nH]c1=O.